The standard InChI is InChI=1S/C57H39N5/c58-55(42-20-8-3-9-21-42)54(41-18-6-2-7-19-41)56-46-23-11-10-22-44(46)36-49(59-56)39-28-30-43(31-29-39)57-60-50(38-16-4-1-5-17-38)37-51(61-57)40-32-34-45(35-33-40)62-52-26-14-12-24-47(52)48-25-13-15-27-53(48)62/h1-37,58-59H/b56-54-,58-55?. The zero-order valence-electron chi connectivity index (χ0n) is 33.7. The van der Waals surface area contributed by atoms with Crippen LogP contribution in [0.25, 0.3) is 84.4 Å². The highest BCUT2D eigenvalue weighted by atomic mass is 15.0. The topological polar surface area (TPSA) is 66.6 Å². The van der Waals surface area contributed by atoms with Crippen molar-refractivity contribution in [2.75, 3.05) is 0 Å². The van der Waals surface area contributed by atoms with Crippen LogP contribution in [0.2, 0.25) is 0 Å². The Morgan fingerprint density at radius 1 is 0.452 bits per heavy atom. The van der Waals surface area contributed by atoms with Crippen molar-refractivity contribution in [2.24, 2.45) is 0 Å². The number of rotatable bonds is 8. The summed E-state index contributed by atoms with van der Waals surface area (Å²) in [6, 6.07) is 75.3. The van der Waals surface area contributed by atoms with Crippen LogP contribution in [-0.2, 0) is 0 Å². The number of benzene rings is 8. The van der Waals surface area contributed by atoms with Crippen LogP contribution in [-0.4, -0.2) is 20.2 Å². The first-order valence-electron chi connectivity index (χ1n) is 20.8. The van der Waals surface area contributed by atoms with Gasteiger partial charge in [-0.1, -0.05) is 188 Å². The Morgan fingerprint density at radius 3 is 1.60 bits per heavy atom. The molecule has 2 aromatic heterocycles. The van der Waals surface area contributed by atoms with E-state index in [9.17, 15) is 5.41 Å². The van der Waals surface area contributed by atoms with Crippen molar-refractivity contribution in [3.8, 4) is 39.6 Å². The molecule has 5 heteroatoms. The number of fused-ring (bicyclic) bond motifs is 4. The Balaban J connectivity index is 0.973. The second kappa shape index (κ2) is 15.6. The summed E-state index contributed by atoms with van der Waals surface area (Å²) in [7, 11) is 0. The summed E-state index contributed by atoms with van der Waals surface area (Å²) in [5, 5.41) is 15.8. The predicted molar refractivity (Wildman–Crippen MR) is 257 cm³/mol. The van der Waals surface area contributed by atoms with Gasteiger partial charge in [-0.3, -0.25) is 5.41 Å². The number of nitrogens with one attached hydrogen (secondary N) is 2. The van der Waals surface area contributed by atoms with Crippen LogP contribution in [0.3, 0.4) is 0 Å². The fourth-order valence-electron chi connectivity index (χ4n) is 8.63. The van der Waals surface area contributed by atoms with Crippen LogP contribution >= 0.6 is 0 Å². The summed E-state index contributed by atoms with van der Waals surface area (Å²) < 4.78 is 2.33. The monoisotopic (exact) mass is 793 g/mol. The molecule has 0 saturated heterocycles. The molecule has 0 radical (unpaired) electrons. The van der Waals surface area contributed by atoms with E-state index in [0.29, 0.717) is 11.5 Å². The minimum absolute atomic E-state index is 0.457. The van der Waals surface area contributed by atoms with Gasteiger partial charge in [0.1, 0.15) is 0 Å². The molecule has 2 N–H and O–H groups in total. The molecule has 62 heavy (non-hydrogen) atoms. The van der Waals surface area contributed by atoms with Crippen molar-refractivity contribution in [1.29, 1.82) is 5.41 Å². The van der Waals surface area contributed by atoms with Gasteiger partial charge in [0.05, 0.1) is 33.8 Å². The summed E-state index contributed by atoms with van der Waals surface area (Å²) >= 11 is 0. The van der Waals surface area contributed by atoms with Crippen LogP contribution in [0.5, 0.6) is 0 Å². The number of hydrogen-bond donors (Lipinski definition) is 2. The lowest BCUT2D eigenvalue weighted by Gasteiger charge is -2.26. The average Bonchev–Trinajstić information content (AvgIpc) is 3.69. The predicted octanol–water partition coefficient (Wildman–Crippen LogP) is 13.6. The lowest BCUT2D eigenvalue weighted by atomic mass is 9.88. The Hall–Kier alpha value is -8.41. The van der Waals surface area contributed by atoms with Crippen LogP contribution in [0.4, 0.5) is 0 Å². The zero-order valence-corrected chi connectivity index (χ0v) is 33.7. The Labute approximate surface area is 360 Å². The highest BCUT2D eigenvalue weighted by molar-refractivity contribution is 6.36. The molecule has 1 aliphatic heterocycles. The SMILES string of the molecule is N=C(/C(=C1\NC(c2ccc(-c3nc(-c4ccccc4)cc(-c4ccc(-n5c6ccccc6c6ccccc65)cc4)n3)cc2)=Cc2ccccc21)c1ccccc1)c1ccccc1. The maximum absolute atomic E-state index is 9.52. The first-order valence-corrected chi connectivity index (χ1v) is 20.8. The molecule has 0 amide bonds. The fourth-order valence-corrected chi connectivity index (χ4v) is 8.63. The maximum atomic E-state index is 9.52. The summed E-state index contributed by atoms with van der Waals surface area (Å²) in [4.78, 5) is 10.3. The first kappa shape index (κ1) is 36.7. The van der Waals surface area contributed by atoms with E-state index < -0.39 is 0 Å². The van der Waals surface area contributed by atoms with E-state index in [2.05, 4.69) is 168 Å². The van der Waals surface area contributed by atoms with Crippen molar-refractivity contribution in [3.63, 3.8) is 0 Å². The van der Waals surface area contributed by atoms with E-state index in [4.69, 9.17) is 9.97 Å². The molecule has 10 aromatic rings. The second-order valence-corrected chi connectivity index (χ2v) is 15.4. The molecule has 8 aromatic carbocycles. The molecule has 0 fully saturated rings. The van der Waals surface area contributed by atoms with E-state index in [0.717, 1.165) is 78.6 Å². The summed E-state index contributed by atoms with van der Waals surface area (Å²) in [5.41, 5.74) is 16.2. The Kier molecular flexibility index (Phi) is 9.25. The van der Waals surface area contributed by atoms with Crippen LogP contribution in [0, 0.1) is 5.41 Å². The Morgan fingerprint density at radius 2 is 0.952 bits per heavy atom. The van der Waals surface area contributed by atoms with E-state index in [1.54, 1.807) is 0 Å². The molecule has 292 valence electrons. The van der Waals surface area contributed by atoms with Crippen molar-refractivity contribution >= 4 is 50.6 Å². The molecular formula is C57H39N5. The van der Waals surface area contributed by atoms with Gasteiger partial charge in [0.2, 0.25) is 0 Å². The third kappa shape index (κ3) is 6.68. The molecule has 0 unspecified atom stereocenters. The third-order valence-corrected chi connectivity index (χ3v) is 11.7. The van der Waals surface area contributed by atoms with Gasteiger partial charge in [-0.2, -0.15) is 0 Å². The van der Waals surface area contributed by atoms with Crippen LogP contribution < -0.4 is 5.32 Å². The van der Waals surface area contributed by atoms with Crippen LogP contribution in [0.1, 0.15) is 27.8 Å². The molecule has 3 heterocycles. The number of nitrogens with zero attached hydrogens (tertiary/aromatic N) is 3. The van der Waals surface area contributed by atoms with Gasteiger partial charge < -0.3 is 9.88 Å². The van der Waals surface area contributed by atoms with Gasteiger partial charge >= 0.3 is 0 Å². The molecule has 0 aliphatic carbocycles. The van der Waals surface area contributed by atoms with Gasteiger partial charge in [-0.05, 0) is 53.1 Å². The van der Waals surface area contributed by atoms with Gasteiger partial charge in [0.15, 0.2) is 5.82 Å². The molecule has 0 atom stereocenters. The summed E-state index contributed by atoms with van der Waals surface area (Å²) in [6.45, 7) is 0. The van der Waals surface area contributed by atoms with Crippen molar-refractivity contribution in [3.05, 3.63) is 246 Å². The zero-order chi connectivity index (χ0) is 41.4. The average molecular weight is 794 g/mol. The largest absolute Gasteiger partial charge is 0.354 e. The number of para-hydroxylation sites is 2. The summed E-state index contributed by atoms with van der Waals surface area (Å²) in [6.07, 6.45) is 2.19. The lowest BCUT2D eigenvalue weighted by Crippen LogP contribution is -2.20. The molecule has 1 aliphatic rings. The minimum atomic E-state index is 0.457. The van der Waals surface area contributed by atoms with Crippen molar-refractivity contribution in [1.82, 2.24) is 19.9 Å². The smallest absolute Gasteiger partial charge is 0.160 e. The highest BCUT2D eigenvalue weighted by Gasteiger charge is 2.24. The minimum Gasteiger partial charge on any atom is -0.354 e. The normalized spacial score (nSPS) is 13.0. The maximum Gasteiger partial charge on any atom is 0.160 e. The molecular weight excluding hydrogens is 755 g/mol. The Bertz CT molecular complexity index is 3290. The van der Waals surface area contributed by atoms with Gasteiger partial charge in [-0.15, -0.1) is 0 Å². The van der Waals surface area contributed by atoms with E-state index >= 15 is 0 Å². The quantitative estimate of drug-likeness (QED) is 0.151. The van der Waals surface area contributed by atoms with Gasteiger partial charge in [0, 0.05) is 55.5 Å². The van der Waals surface area contributed by atoms with E-state index in [1.807, 2.05) is 66.7 Å². The van der Waals surface area contributed by atoms with Gasteiger partial charge in [0.25, 0.3) is 0 Å². The molecule has 11 rings (SSSR count). The van der Waals surface area contributed by atoms with E-state index in [1.165, 1.54) is 21.8 Å². The van der Waals surface area contributed by atoms with Crippen molar-refractivity contribution in [2.45, 2.75) is 0 Å². The molecule has 0 bridgehead atoms. The number of hydrogen-bond acceptors (Lipinski definition) is 4. The molecule has 0 saturated carbocycles. The summed E-state index contributed by atoms with van der Waals surface area (Å²) in [5.74, 6) is 0.651. The number of allylic oxidation sites excluding steroid dienone is 1. The molecule has 5 nitrogen and oxygen atoms in total. The van der Waals surface area contributed by atoms with Crippen molar-refractivity contribution < 1.29 is 0 Å². The third-order valence-electron chi connectivity index (χ3n) is 11.7. The second-order valence-electron chi connectivity index (χ2n) is 15.4. The van der Waals surface area contributed by atoms with Crippen LogP contribution in [0.15, 0.2) is 218 Å². The first-order chi connectivity index (χ1) is 30.7. The van der Waals surface area contributed by atoms with Gasteiger partial charge in [-0.25, -0.2) is 9.97 Å². The number of aromatic nitrogens is 3. The highest BCUT2D eigenvalue weighted by Crippen LogP contribution is 2.38. The molecule has 0 spiro atoms. The van der Waals surface area contributed by atoms with E-state index in [-0.39, 0.29) is 0 Å². The fraction of sp³-hybridized carbons (Fsp3) is 0. The lowest BCUT2D eigenvalue weighted by molar-refractivity contribution is 1.17.